The number of nitrogens with zero attached hydrogens (tertiary/aromatic N) is 1. The van der Waals surface area contributed by atoms with Crippen LogP contribution in [-0.4, -0.2) is 45.6 Å². The smallest absolute Gasteiger partial charge is 0.326 e. The number of amides is 1. The van der Waals surface area contributed by atoms with Crippen molar-refractivity contribution in [3.63, 3.8) is 0 Å². The van der Waals surface area contributed by atoms with Gasteiger partial charge in [0.05, 0.1) is 6.33 Å². The molecule has 2 atom stereocenters. The van der Waals surface area contributed by atoms with E-state index >= 15 is 0 Å². The van der Waals surface area contributed by atoms with E-state index in [1.165, 1.54) is 12.5 Å². The van der Waals surface area contributed by atoms with Crippen molar-refractivity contribution in [2.45, 2.75) is 37.8 Å². The zero-order chi connectivity index (χ0) is 15.0. The first-order valence-electron chi connectivity index (χ1n) is 6.48. The van der Waals surface area contributed by atoms with Crippen LogP contribution in [0.4, 0.5) is 0 Å². The van der Waals surface area contributed by atoms with Crippen molar-refractivity contribution in [2.75, 3.05) is 6.54 Å². The summed E-state index contributed by atoms with van der Waals surface area (Å²) in [7, 11) is 0. The lowest BCUT2D eigenvalue weighted by Crippen LogP contribution is -2.44. The molecule has 0 aromatic carbocycles. The lowest BCUT2D eigenvalue weighted by molar-refractivity contribution is -0.141. The van der Waals surface area contributed by atoms with E-state index in [1.807, 2.05) is 0 Å². The fourth-order valence-corrected chi connectivity index (χ4v) is 1.79. The highest BCUT2D eigenvalue weighted by atomic mass is 16.4. The van der Waals surface area contributed by atoms with Gasteiger partial charge in [-0.25, -0.2) is 9.78 Å². The van der Waals surface area contributed by atoms with Crippen molar-refractivity contribution in [1.29, 1.82) is 0 Å². The van der Waals surface area contributed by atoms with E-state index in [-0.39, 0.29) is 24.8 Å². The molecule has 0 aliphatic heterocycles. The first-order chi connectivity index (χ1) is 9.52. The Hall–Kier alpha value is -1.93. The summed E-state index contributed by atoms with van der Waals surface area (Å²) in [5, 5.41) is 11.6. The zero-order valence-corrected chi connectivity index (χ0v) is 11.2. The van der Waals surface area contributed by atoms with Crippen LogP contribution >= 0.6 is 0 Å². The molecule has 112 valence electrons. The topological polar surface area (TPSA) is 147 Å². The van der Waals surface area contributed by atoms with Crippen molar-refractivity contribution in [3.05, 3.63) is 18.2 Å². The third kappa shape index (κ3) is 5.81. The summed E-state index contributed by atoms with van der Waals surface area (Å²) in [5.41, 5.74) is 11.8. The number of nitrogens with two attached hydrogens (primary N) is 2. The van der Waals surface area contributed by atoms with Crippen LogP contribution in [0, 0.1) is 0 Å². The molecular formula is C12H21N5O3. The Balaban J connectivity index is 2.45. The number of hydrogen-bond donors (Lipinski definition) is 5. The minimum atomic E-state index is -1.09. The van der Waals surface area contributed by atoms with Gasteiger partial charge in [0, 0.05) is 30.8 Å². The Bertz CT molecular complexity index is 421. The monoisotopic (exact) mass is 283 g/mol. The summed E-state index contributed by atoms with van der Waals surface area (Å²) in [6.07, 6.45) is 4.60. The molecule has 0 aliphatic rings. The third-order valence-electron chi connectivity index (χ3n) is 2.84. The molecule has 1 aromatic rings. The lowest BCUT2D eigenvalue weighted by atomic mass is 10.1. The minimum absolute atomic E-state index is 0.0900. The zero-order valence-electron chi connectivity index (χ0n) is 11.2. The number of carboxylic acids is 1. The quantitative estimate of drug-likeness (QED) is 0.392. The lowest BCUT2D eigenvalue weighted by Gasteiger charge is -2.16. The fourth-order valence-electron chi connectivity index (χ4n) is 1.79. The van der Waals surface area contributed by atoms with Crippen LogP contribution in [-0.2, 0) is 16.0 Å². The highest BCUT2D eigenvalue weighted by molar-refractivity contribution is 5.84. The number of carbonyl (C=O) groups excluding carboxylic acids is 1. The highest BCUT2D eigenvalue weighted by Gasteiger charge is 2.21. The van der Waals surface area contributed by atoms with Crippen LogP contribution in [0.15, 0.2) is 12.5 Å². The summed E-state index contributed by atoms with van der Waals surface area (Å²) in [6.45, 7) is 0.521. The first kappa shape index (κ1) is 16.1. The molecule has 0 bridgehead atoms. The van der Waals surface area contributed by atoms with Gasteiger partial charge in [0.2, 0.25) is 5.91 Å². The summed E-state index contributed by atoms with van der Waals surface area (Å²) < 4.78 is 0. The van der Waals surface area contributed by atoms with E-state index in [4.69, 9.17) is 16.6 Å². The number of rotatable bonds is 9. The third-order valence-corrected chi connectivity index (χ3v) is 2.84. The maximum atomic E-state index is 11.7. The predicted molar refractivity (Wildman–Crippen MR) is 72.7 cm³/mol. The summed E-state index contributed by atoms with van der Waals surface area (Å²) in [6, 6.07) is -1.30. The molecule has 7 N–H and O–H groups in total. The second-order valence-electron chi connectivity index (χ2n) is 4.63. The van der Waals surface area contributed by atoms with Gasteiger partial charge in [-0.3, -0.25) is 4.79 Å². The van der Waals surface area contributed by atoms with Gasteiger partial charge in [-0.1, -0.05) is 0 Å². The molecule has 1 heterocycles. The Morgan fingerprint density at radius 3 is 2.80 bits per heavy atom. The molecule has 1 amide bonds. The first-order valence-corrected chi connectivity index (χ1v) is 6.48. The largest absolute Gasteiger partial charge is 0.480 e. The molecule has 1 aromatic heterocycles. The van der Waals surface area contributed by atoms with Crippen LogP contribution in [0.25, 0.3) is 0 Å². The maximum Gasteiger partial charge on any atom is 0.326 e. The molecule has 0 saturated carbocycles. The molecule has 0 saturated heterocycles. The molecule has 20 heavy (non-hydrogen) atoms. The molecular weight excluding hydrogens is 262 g/mol. The van der Waals surface area contributed by atoms with Crippen LogP contribution in [0.1, 0.15) is 25.0 Å². The Morgan fingerprint density at radius 1 is 1.50 bits per heavy atom. The van der Waals surface area contributed by atoms with Gasteiger partial charge in [0.15, 0.2) is 0 Å². The molecule has 8 nitrogen and oxygen atoms in total. The van der Waals surface area contributed by atoms with Crippen molar-refractivity contribution in [1.82, 2.24) is 15.3 Å². The van der Waals surface area contributed by atoms with Gasteiger partial charge in [-0.15, -0.1) is 0 Å². The number of aromatic amines is 1. The van der Waals surface area contributed by atoms with Gasteiger partial charge in [0.25, 0.3) is 0 Å². The van der Waals surface area contributed by atoms with Crippen molar-refractivity contribution in [2.24, 2.45) is 11.5 Å². The molecule has 1 rings (SSSR count). The molecule has 1 unspecified atom stereocenters. The van der Waals surface area contributed by atoms with Crippen LogP contribution < -0.4 is 16.8 Å². The normalized spacial score (nSPS) is 13.7. The van der Waals surface area contributed by atoms with Gasteiger partial charge in [-0.2, -0.15) is 0 Å². The number of aliphatic carboxylic acids is 1. The van der Waals surface area contributed by atoms with E-state index in [1.54, 1.807) is 0 Å². The SMILES string of the molecule is NCCCC(N)CC(=O)N[C@@H](Cc1cnc[nH]1)C(=O)O. The van der Waals surface area contributed by atoms with Crippen LogP contribution in [0.2, 0.25) is 0 Å². The number of nitrogens with one attached hydrogen (secondary N) is 2. The average Bonchev–Trinajstić information content (AvgIpc) is 2.88. The van der Waals surface area contributed by atoms with Crippen molar-refractivity contribution < 1.29 is 14.7 Å². The Kier molecular flexibility index (Phi) is 6.68. The molecule has 0 aliphatic carbocycles. The van der Waals surface area contributed by atoms with E-state index < -0.39 is 12.0 Å². The Morgan fingerprint density at radius 2 is 2.25 bits per heavy atom. The fraction of sp³-hybridized carbons (Fsp3) is 0.583. The number of carbonyl (C=O) groups is 2. The Labute approximate surface area is 116 Å². The van der Waals surface area contributed by atoms with E-state index in [0.717, 1.165) is 6.42 Å². The highest BCUT2D eigenvalue weighted by Crippen LogP contribution is 2.02. The molecule has 0 radical (unpaired) electrons. The van der Waals surface area contributed by atoms with Gasteiger partial charge >= 0.3 is 5.97 Å². The molecule has 0 fully saturated rings. The number of aromatic nitrogens is 2. The molecule has 8 heteroatoms. The predicted octanol–water partition coefficient (Wildman–Crippen LogP) is -1.02. The van der Waals surface area contributed by atoms with Crippen LogP contribution in [0.5, 0.6) is 0 Å². The second kappa shape index (κ2) is 8.28. The number of H-pyrrole nitrogens is 1. The average molecular weight is 283 g/mol. The number of imidazole rings is 1. The van der Waals surface area contributed by atoms with Gasteiger partial charge in [-0.05, 0) is 19.4 Å². The van der Waals surface area contributed by atoms with E-state index in [0.29, 0.717) is 18.7 Å². The van der Waals surface area contributed by atoms with Crippen molar-refractivity contribution >= 4 is 11.9 Å². The van der Waals surface area contributed by atoms with Crippen LogP contribution in [0.3, 0.4) is 0 Å². The minimum Gasteiger partial charge on any atom is -0.480 e. The second-order valence-corrected chi connectivity index (χ2v) is 4.63. The summed E-state index contributed by atoms with van der Waals surface area (Å²) in [4.78, 5) is 29.5. The number of hydrogen-bond acceptors (Lipinski definition) is 5. The maximum absolute atomic E-state index is 11.7. The number of carboxylic acid groups (broad SMARTS) is 1. The van der Waals surface area contributed by atoms with Gasteiger partial charge < -0.3 is 26.9 Å². The summed E-state index contributed by atoms with van der Waals surface area (Å²) >= 11 is 0. The van der Waals surface area contributed by atoms with E-state index in [9.17, 15) is 9.59 Å². The molecule has 0 spiro atoms. The standard InChI is InChI=1S/C12H21N5O3/c13-3-1-2-8(14)4-11(18)17-10(12(19)20)5-9-6-15-7-16-9/h6-8,10H,1-5,13-14H2,(H,15,16)(H,17,18)(H,19,20)/t8?,10-/m0/s1. The van der Waals surface area contributed by atoms with Gasteiger partial charge in [0.1, 0.15) is 6.04 Å². The van der Waals surface area contributed by atoms with E-state index in [2.05, 4.69) is 15.3 Å². The summed E-state index contributed by atoms with van der Waals surface area (Å²) in [5.74, 6) is -1.47. The van der Waals surface area contributed by atoms with Crippen molar-refractivity contribution in [3.8, 4) is 0 Å².